The molecule has 0 heterocycles. The standard InChI is InChI=1S/C11H18NO3S/c1-12(2,3)9-10-15-16(13,14)11-7-5-4-6-8-11/h4-8H,9-10H2,1-3H3/q+1. The summed E-state index contributed by atoms with van der Waals surface area (Å²) >= 11 is 0. The number of likely N-dealkylation sites (N-methyl/N-ethyl adjacent to an activating group) is 1. The molecule has 0 N–H and O–H groups in total. The van der Waals surface area contributed by atoms with Crippen LogP contribution in [0, 0.1) is 0 Å². The summed E-state index contributed by atoms with van der Waals surface area (Å²) in [5.41, 5.74) is 0. The van der Waals surface area contributed by atoms with Gasteiger partial charge in [-0.25, -0.2) is 0 Å². The van der Waals surface area contributed by atoms with Crippen molar-refractivity contribution in [2.24, 2.45) is 0 Å². The fourth-order valence-electron chi connectivity index (χ4n) is 1.08. The maximum Gasteiger partial charge on any atom is 0.297 e. The number of rotatable bonds is 5. The summed E-state index contributed by atoms with van der Waals surface area (Å²) in [5.74, 6) is 0. The van der Waals surface area contributed by atoms with E-state index in [1.165, 1.54) is 12.1 Å². The molecule has 0 saturated heterocycles. The van der Waals surface area contributed by atoms with Gasteiger partial charge in [-0.1, -0.05) is 18.2 Å². The van der Waals surface area contributed by atoms with Gasteiger partial charge in [-0.05, 0) is 12.1 Å². The molecular weight excluding hydrogens is 226 g/mol. The first-order chi connectivity index (χ1) is 7.31. The summed E-state index contributed by atoms with van der Waals surface area (Å²) in [6.45, 7) is 0.840. The maximum absolute atomic E-state index is 11.7. The van der Waals surface area contributed by atoms with Crippen LogP contribution in [0.3, 0.4) is 0 Å². The zero-order valence-electron chi connectivity index (χ0n) is 9.88. The van der Waals surface area contributed by atoms with Gasteiger partial charge < -0.3 is 4.48 Å². The molecule has 0 atom stereocenters. The van der Waals surface area contributed by atoms with Gasteiger partial charge in [0.1, 0.15) is 13.2 Å². The van der Waals surface area contributed by atoms with Crippen LogP contribution in [0.1, 0.15) is 0 Å². The first-order valence-electron chi connectivity index (χ1n) is 5.06. The van der Waals surface area contributed by atoms with Crippen LogP contribution in [0.25, 0.3) is 0 Å². The van der Waals surface area contributed by atoms with E-state index in [2.05, 4.69) is 0 Å². The largest absolute Gasteiger partial charge is 0.329 e. The Hall–Kier alpha value is -0.910. The van der Waals surface area contributed by atoms with E-state index >= 15 is 0 Å². The molecule has 0 bridgehead atoms. The normalized spacial score (nSPS) is 12.7. The van der Waals surface area contributed by atoms with E-state index in [4.69, 9.17) is 4.18 Å². The molecule has 0 aliphatic rings. The molecule has 1 aromatic carbocycles. The lowest BCUT2D eigenvalue weighted by Gasteiger charge is -2.23. The van der Waals surface area contributed by atoms with E-state index < -0.39 is 10.1 Å². The third-order valence-electron chi connectivity index (χ3n) is 2.03. The molecule has 0 fully saturated rings. The highest BCUT2D eigenvalue weighted by atomic mass is 32.2. The first-order valence-corrected chi connectivity index (χ1v) is 6.47. The van der Waals surface area contributed by atoms with E-state index in [-0.39, 0.29) is 11.5 Å². The van der Waals surface area contributed by atoms with E-state index in [0.717, 1.165) is 0 Å². The van der Waals surface area contributed by atoms with Crippen molar-refractivity contribution in [3.63, 3.8) is 0 Å². The minimum absolute atomic E-state index is 0.195. The zero-order chi connectivity index (χ0) is 12.2. The Kier molecular flexibility index (Phi) is 4.07. The molecule has 0 aliphatic carbocycles. The summed E-state index contributed by atoms with van der Waals surface area (Å²) in [6, 6.07) is 8.18. The van der Waals surface area contributed by atoms with Crippen molar-refractivity contribution in [2.75, 3.05) is 34.3 Å². The third-order valence-corrected chi connectivity index (χ3v) is 3.36. The number of quaternary nitrogens is 1. The van der Waals surface area contributed by atoms with Gasteiger partial charge in [-0.2, -0.15) is 8.42 Å². The molecule has 4 nitrogen and oxygen atoms in total. The first kappa shape index (κ1) is 13.2. The van der Waals surface area contributed by atoms with Crippen LogP contribution < -0.4 is 0 Å². The molecule has 0 amide bonds. The highest BCUT2D eigenvalue weighted by molar-refractivity contribution is 7.86. The summed E-state index contributed by atoms with van der Waals surface area (Å²) in [7, 11) is 2.36. The highest BCUT2D eigenvalue weighted by Crippen LogP contribution is 2.11. The highest BCUT2D eigenvalue weighted by Gasteiger charge is 2.16. The van der Waals surface area contributed by atoms with Crippen molar-refractivity contribution in [1.29, 1.82) is 0 Å². The molecule has 0 unspecified atom stereocenters. The number of nitrogens with zero attached hydrogens (tertiary/aromatic N) is 1. The number of hydrogen-bond donors (Lipinski definition) is 0. The predicted octanol–water partition coefficient (Wildman–Crippen LogP) is 1.10. The Labute approximate surface area is 97.2 Å². The van der Waals surface area contributed by atoms with E-state index in [0.29, 0.717) is 11.0 Å². The summed E-state index contributed by atoms with van der Waals surface area (Å²) < 4.78 is 29.0. The Morgan fingerprint density at radius 1 is 1.12 bits per heavy atom. The Balaban J connectivity index is 2.61. The van der Waals surface area contributed by atoms with Crippen LogP contribution in [-0.2, 0) is 14.3 Å². The van der Waals surface area contributed by atoms with Crippen LogP contribution in [0.15, 0.2) is 35.2 Å². The minimum atomic E-state index is -3.59. The van der Waals surface area contributed by atoms with Crippen molar-refractivity contribution in [2.45, 2.75) is 4.90 Å². The van der Waals surface area contributed by atoms with Gasteiger partial charge in [0.15, 0.2) is 0 Å². The fourth-order valence-corrected chi connectivity index (χ4v) is 2.00. The van der Waals surface area contributed by atoms with Crippen molar-refractivity contribution < 1.29 is 17.1 Å². The van der Waals surface area contributed by atoms with Gasteiger partial charge >= 0.3 is 0 Å². The molecule has 1 rings (SSSR count). The molecular formula is C11H18NO3S+. The van der Waals surface area contributed by atoms with Crippen LogP contribution in [-0.4, -0.2) is 47.2 Å². The van der Waals surface area contributed by atoms with Gasteiger partial charge in [0.2, 0.25) is 0 Å². The molecule has 16 heavy (non-hydrogen) atoms. The maximum atomic E-state index is 11.7. The Morgan fingerprint density at radius 2 is 1.69 bits per heavy atom. The van der Waals surface area contributed by atoms with E-state index in [9.17, 15) is 8.42 Å². The lowest BCUT2D eigenvalue weighted by atomic mass is 10.4. The SMILES string of the molecule is C[N+](C)(C)CCOS(=O)(=O)c1ccccc1. The molecule has 90 valence electrons. The smallest absolute Gasteiger partial charge is 0.297 e. The Bertz CT molecular complexity index is 420. The molecule has 0 spiro atoms. The second-order valence-corrected chi connectivity index (χ2v) is 6.22. The zero-order valence-corrected chi connectivity index (χ0v) is 10.7. The van der Waals surface area contributed by atoms with E-state index in [1.54, 1.807) is 18.2 Å². The van der Waals surface area contributed by atoms with Gasteiger partial charge in [0.25, 0.3) is 10.1 Å². The molecule has 0 aliphatic heterocycles. The topological polar surface area (TPSA) is 43.4 Å². The van der Waals surface area contributed by atoms with Crippen molar-refractivity contribution in [3.05, 3.63) is 30.3 Å². The van der Waals surface area contributed by atoms with Gasteiger partial charge in [0, 0.05) is 0 Å². The van der Waals surface area contributed by atoms with Gasteiger partial charge in [-0.15, -0.1) is 0 Å². The number of benzene rings is 1. The molecule has 0 saturated carbocycles. The van der Waals surface area contributed by atoms with E-state index in [1.807, 2.05) is 21.1 Å². The molecule has 5 heteroatoms. The minimum Gasteiger partial charge on any atom is -0.329 e. The van der Waals surface area contributed by atoms with Crippen molar-refractivity contribution in [1.82, 2.24) is 0 Å². The van der Waals surface area contributed by atoms with Crippen LogP contribution in [0.4, 0.5) is 0 Å². The van der Waals surface area contributed by atoms with Crippen LogP contribution in [0.2, 0.25) is 0 Å². The quantitative estimate of drug-likeness (QED) is 0.575. The summed E-state index contributed by atoms with van der Waals surface area (Å²) in [5, 5.41) is 0. The fraction of sp³-hybridized carbons (Fsp3) is 0.455. The lowest BCUT2D eigenvalue weighted by Crippen LogP contribution is -2.38. The van der Waals surface area contributed by atoms with Crippen LogP contribution in [0.5, 0.6) is 0 Å². The Morgan fingerprint density at radius 3 is 2.19 bits per heavy atom. The second-order valence-electron chi connectivity index (χ2n) is 4.60. The summed E-state index contributed by atoms with van der Waals surface area (Å²) in [4.78, 5) is 0.205. The predicted molar refractivity (Wildman–Crippen MR) is 62.5 cm³/mol. The molecule has 0 aromatic heterocycles. The molecule has 1 aromatic rings. The molecule has 0 radical (unpaired) electrons. The van der Waals surface area contributed by atoms with Gasteiger partial charge in [-0.3, -0.25) is 4.18 Å². The lowest BCUT2D eigenvalue weighted by molar-refractivity contribution is -0.870. The third kappa shape index (κ3) is 4.30. The average Bonchev–Trinajstić information content (AvgIpc) is 2.17. The van der Waals surface area contributed by atoms with Crippen LogP contribution >= 0.6 is 0 Å². The summed E-state index contributed by atoms with van der Waals surface area (Å²) in [6.07, 6.45) is 0. The average molecular weight is 244 g/mol. The monoisotopic (exact) mass is 244 g/mol. The van der Waals surface area contributed by atoms with Crippen molar-refractivity contribution >= 4 is 10.1 Å². The second kappa shape index (κ2) is 4.95. The van der Waals surface area contributed by atoms with Crippen molar-refractivity contribution in [3.8, 4) is 0 Å². The van der Waals surface area contributed by atoms with Gasteiger partial charge in [0.05, 0.1) is 26.0 Å². The number of hydrogen-bond acceptors (Lipinski definition) is 3.